The van der Waals surface area contributed by atoms with Crippen molar-refractivity contribution >= 4 is 28.6 Å². The predicted octanol–water partition coefficient (Wildman–Crippen LogP) is 3.58. The first-order chi connectivity index (χ1) is 9.31. The van der Waals surface area contributed by atoms with E-state index in [9.17, 15) is 0 Å². The zero-order valence-corrected chi connectivity index (χ0v) is 12.0. The highest BCUT2D eigenvalue weighted by Gasteiger charge is 2.03. The van der Waals surface area contributed by atoms with Crippen LogP contribution in [0.15, 0.2) is 35.0 Å². The first-order valence-electron chi connectivity index (χ1n) is 5.83. The van der Waals surface area contributed by atoms with Gasteiger partial charge in [-0.15, -0.1) is 16.4 Å². The average Bonchev–Trinajstić information content (AvgIpc) is 3.08. The van der Waals surface area contributed by atoms with E-state index in [-0.39, 0.29) is 0 Å². The van der Waals surface area contributed by atoms with E-state index >= 15 is 0 Å². The van der Waals surface area contributed by atoms with E-state index in [4.69, 9.17) is 0 Å². The van der Waals surface area contributed by atoms with Gasteiger partial charge in [-0.1, -0.05) is 16.6 Å². The van der Waals surface area contributed by atoms with Gasteiger partial charge in [0.05, 0.1) is 22.9 Å². The summed E-state index contributed by atoms with van der Waals surface area (Å²) >= 11 is 3.04. The molecule has 0 saturated heterocycles. The number of anilines is 1. The molecule has 4 nitrogen and oxygen atoms in total. The first-order valence-corrected chi connectivity index (χ1v) is 7.55. The minimum atomic E-state index is 0.691. The third-order valence-corrected chi connectivity index (χ3v) is 3.98. The van der Waals surface area contributed by atoms with Crippen molar-refractivity contribution in [2.45, 2.75) is 13.5 Å². The number of hydrogen-bond donors (Lipinski definition) is 1. The molecule has 0 amide bonds. The van der Waals surface area contributed by atoms with Crippen LogP contribution in [0.5, 0.6) is 0 Å². The minimum Gasteiger partial charge on any atom is -0.379 e. The highest BCUT2D eigenvalue weighted by molar-refractivity contribution is 7.09. The molecule has 0 spiro atoms. The van der Waals surface area contributed by atoms with Crippen LogP contribution in [0.4, 0.5) is 5.69 Å². The van der Waals surface area contributed by atoms with Crippen LogP contribution in [0.25, 0.3) is 11.3 Å². The molecule has 2 heterocycles. The molecule has 0 aliphatic carbocycles. The van der Waals surface area contributed by atoms with E-state index in [1.165, 1.54) is 11.5 Å². The Kier molecular flexibility index (Phi) is 3.52. The molecule has 1 N–H and O–H groups in total. The second-order valence-electron chi connectivity index (χ2n) is 4.08. The van der Waals surface area contributed by atoms with Gasteiger partial charge in [0.1, 0.15) is 0 Å². The Morgan fingerprint density at radius 1 is 1.26 bits per heavy atom. The summed E-state index contributed by atoms with van der Waals surface area (Å²) in [5.41, 5.74) is 4.18. The standard InChI is InChI=1S/C13H12N4S2/c1-9-15-13(8-18-9)10-3-2-4-11(5-10)14-6-12-7-19-17-16-12/h2-5,7-8,14H,6H2,1H3. The van der Waals surface area contributed by atoms with Gasteiger partial charge in [0.15, 0.2) is 0 Å². The largest absolute Gasteiger partial charge is 0.379 e. The van der Waals surface area contributed by atoms with Crippen LogP contribution >= 0.6 is 22.9 Å². The molecule has 0 saturated carbocycles. The normalized spacial score (nSPS) is 10.6. The van der Waals surface area contributed by atoms with Gasteiger partial charge in [-0.2, -0.15) is 0 Å². The van der Waals surface area contributed by atoms with Crippen LogP contribution in [0.2, 0.25) is 0 Å². The van der Waals surface area contributed by atoms with Crippen molar-refractivity contribution < 1.29 is 0 Å². The summed E-state index contributed by atoms with van der Waals surface area (Å²) in [7, 11) is 0. The Bertz CT molecular complexity index is 661. The number of nitrogens with one attached hydrogen (secondary N) is 1. The number of aryl methyl sites for hydroxylation is 1. The van der Waals surface area contributed by atoms with E-state index in [0.29, 0.717) is 6.54 Å². The second-order valence-corrected chi connectivity index (χ2v) is 5.75. The molecule has 3 aromatic rings. The van der Waals surface area contributed by atoms with Gasteiger partial charge < -0.3 is 5.32 Å². The van der Waals surface area contributed by atoms with Crippen LogP contribution in [0.1, 0.15) is 10.7 Å². The fourth-order valence-electron chi connectivity index (χ4n) is 1.74. The Hall–Kier alpha value is -1.79. The minimum absolute atomic E-state index is 0.691. The van der Waals surface area contributed by atoms with Crippen molar-refractivity contribution in [3.63, 3.8) is 0 Å². The van der Waals surface area contributed by atoms with Crippen molar-refractivity contribution in [1.82, 2.24) is 14.6 Å². The Labute approximate surface area is 119 Å². The molecule has 0 aliphatic rings. The summed E-state index contributed by atoms with van der Waals surface area (Å²) in [6.07, 6.45) is 0. The maximum absolute atomic E-state index is 4.50. The Morgan fingerprint density at radius 2 is 2.21 bits per heavy atom. The molecule has 0 atom stereocenters. The lowest BCUT2D eigenvalue weighted by atomic mass is 10.1. The predicted molar refractivity (Wildman–Crippen MR) is 79.5 cm³/mol. The fourth-order valence-corrected chi connectivity index (χ4v) is 2.81. The number of nitrogens with zero attached hydrogens (tertiary/aromatic N) is 3. The fraction of sp³-hybridized carbons (Fsp3) is 0.154. The molecule has 96 valence electrons. The quantitative estimate of drug-likeness (QED) is 0.797. The van der Waals surface area contributed by atoms with Gasteiger partial charge in [-0.25, -0.2) is 4.98 Å². The van der Waals surface area contributed by atoms with Gasteiger partial charge in [-0.3, -0.25) is 0 Å². The van der Waals surface area contributed by atoms with Crippen molar-refractivity contribution in [3.8, 4) is 11.3 Å². The van der Waals surface area contributed by atoms with Crippen LogP contribution in [-0.4, -0.2) is 14.6 Å². The number of rotatable bonds is 4. The SMILES string of the molecule is Cc1nc(-c2cccc(NCc3csnn3)c2)cs1. The number of aromatic nitrogens is 3. The number of benzene rings is 1. The first kappa shape index (κ1) is 12.3. The lowest BCUT2D eigenvalue weighted by molar-refractivity contribution is 0.999. The third-order valence-electron chi connectivity index (χ3n) is 2.66. The lowest BCUT2D eigenvalue weighted by Gasteiger charge is -2.05. The molecule has 2 aromatic heterocycles. The molecular weight excluding hydrogens is 276 g/mol. The second kappa shape index (κ2) is 5.46. The molecule has 0 radical (unpaired) electrons. The average molecular weight is 288 g/mol. The zero-order chi connectivity index (χ0) is 13.1. The van der Waals surface area contributed by atoms with Gasteiger partial charge in [-0.05, 0) is 30.6 Å². The lowest BCUT2D eigenvalue weighted by Crippen LogP contribution is -1.99. The van der Waals surface area contributed by atoms with Crippen LogP contribution < -0.4 is 5.32 Å². The third kappa shape index (κ3) is 2.97. The van der Waals surface area contributed by atoms with Crippen molar-refractivity contribution in [1.29, 1.82) is 0 Å². The highest BCUT2D eigenvalue weighted by Crippen LogP contribution is 2.24. The molecule has 0 aliphatic heterocycles. The van der Waals surface area contributed by atoms with Gasteiger partial charge in [0.25, 0.3) is 0 Å². The van der Waals surface area contributed by atoms with Gasteiger partial charge in [0, 0.05) is 22.0 Å². The van der Waals surface area contributed by atoms with Gasteiger partial charge in [0.2, 0.25) is 0 Å². The molecule has 3 rings (SSSR count). The zero-order valence-electron chi connectivity index (χ0n) is 10.3. The van der Waals surface area contributed by atoms with Crippen LogP contribution in [0, 0.1) is 6.92 Å². The maximum Gasteiger partial charge on any atom is 0.0946 e. The molecule has 0 unspecified atom stereocenters. The summed E-state index contributed by atoms with van der Waals surface area (Å²) < 4.78 is 3.85. The molecule has 6 heteroatoms. The van der Waals surface area contributed by atoms with Gasteiger partial charge >= 0.3 is 0 Å². The molecule has 1 aromatic carbocycles. The molecule has 0 bridgehead atoms. The summed E-state index contributed by atoms with van der Waals surface area (Å²) in [6.45, 7) is 2.71. The monoisotopic (exact) mass is 288 g/mol. The number of thiazole rings is 1. The summed E-state index contributed by atoms with van der Waals surface area (Å²) in [4.78, 5) is 4.50. The molecule has 0 fully saturated rings. The topological polar surface area (TPSA) is 50.7 Å². The maximum atomic E-state index is 4.50. The van der Waals surface area contributed by atoms with E-state index < -0.39 is 0 Å². The molecular formula is C13H12N4S2. The van der Waals surface area contributed by atoms with E-state index in [1.54, 1.807) is 11.3 Å². The van der Waals surface area contributed by atoms with Crippen molar-refractivity contribution in [2.75, 3.05) is 5.32 Å². The Balaban J connectivity index is 1.76. The number of hydrogen-bond acceptors (Lipinski definition) is 6. The van der Waals surface area contributed by atoms with Crippen molar-refractivity contribution in [2.24, 2.45) is 0 Å². The van der Waals surface area contributed by atoms with E-state index in [0.717, 1.165) is 27.6 Å². The smallest absolute Gasteiger partial charge is 0.0946 e. The highest BCUT2D eigenvalue weighted by atomic mass is 32.1. The summed E-state index contributed by atoms with van der Waals surface area (Å²) in [6, 6.07) is 8.26. The van der Waals surface area contributed by atoms with E-state index in [2.05, 4.69) is 37.4 Å². The molecule has 19 heavy (non-hydrogen) atoms. The summed E-state index contributed by atoms with van der Waals surface area (Å²) in [5.74, 6) is 0. The van der Waals surface area contributed by atoms with E-state index in [1.807, 2.05) is 24.4 Å². The van der Waals surface area contributed by atoms with Crippen LogP contribution in [0.3, 0.4) is 0 Å². The summed E-state index contributed by atoms with van der Waals surface area (Å²) in [5, 5.41) is 12.5. The van der Waals surface area contributed by atoms with Crippen molar-refractivity contribution in [3.05, 3.63) is 45.7 Å². The Morgan fingerprint density at radius 3 is 2.95 bits per heavy atom. The van der Waals surface area contributed by atoms with Crippen LogP contribution in [-0.2, 0) is 6.54 Å².